The Morgan fingerprint density at radius 3 is 2.68 bits per heavy atom. The predicted octanol–water partition coefficient (Wildman–Crippen LogP) is 3.38. The Hall–Kier alpha value is -3.82. The minimum Gasteiger partial charge on any atom is -0.408 e. The van der Waals surface area contributed by atoms with Crippen molar-refractivity contribution in [2.45, 2.75) is 13.0 Å². The van der Waals surface area contributed by atoms with E-state index in [0.29, 0.717) is 35.4 Å². The van der Waals surface area contributed by atoms with Gasteiger partial charge in [0.05, 0.1) is 23.4 Å². The van der Waals surface area contributed by atoms with Gasteiger partial charge in [-0.05, 0) is 36.8 Å². The highest BCUT2D eigenvalue weighted by Crippen LogP contribution is 2.32. The van der Waals surface area contributed by atoms with E-state index in [4.69, 9.17) is 4.42 Å². The van der Waals surface area contributed by atoms with Gasteiger partial charge in [-0.25, -0.2) is 18.0 Å². The monoisotopic (exact) mass is 430 g/mol. The summed E-state index contributed by atoms with van der Waals surface area (Å²) in [7, 11) is 1.63. The number of nitrogens with one attached hydrogen (secondary N) is 1. The number of nitrogens with zero attached hydrogens (tertiary/aromatic N) is 3. The van der Waals surface area contributed by atoms with E-state index in [9.17, 15) is 22.8 Å². The molecule has 0 bridgehead atoms. The molecule has 0 aliphatic carbocycles. The van der Waals surface area contributed by atoms with Crippen molar-refractivity contribution in [1.29, 1.82) is 0 Å². The molecule has 1 aliphatic heterocycles. The molecule has 0 radical (unpaired) electrons. The second kappa shape index (κ2) is 6.86. The van der Waals surface area contributed by atoms with Crippen LogP contribution in [0.3, 0.4) is 0 Å². The fourth-order valence-electron chi connectivity index (χ4n) is 4.01. The fraction of sp³-hybridized carbons (Fsp3) is 0.190. The molecule has 2 aromatic carbocycles. The van der Waals surface area contributed by atoms with Crippen LogP contribution < -0.4 is 5.76 Å². The molecule has 1 N–H and O–H groups in total. The molecule has 4 aromatic rings. The smallest absolute Gasteiger partial charge is 0.408 e. The van der Waals surface area contributed by atoms with Crippen LogP contribution in [-0.4, -0.2) is 32.1 Å². The van der Waals surface area contributed by atoms with E-state index in [0.717, 1.165) is 17.7 Å². The van der Waals surface area contributed by atoms with Gasteiger partial charge in [0.2, 0.25) is 0 Å². The second-order valence-electron chi connectivity index (χ2n) is 7.35. The van der Waals surface area contributed by atoms with E-state index in [1.165, 1.54) is 10.7 Å². The largest absolute Gasteiger partial charge is 0.417 e. The molecule has 1 aliphatic rings. The first-order chi connectivity index (χ1) is 14.8. The van der Waals surface area contributed by atoms with Gasteiger partial charge >= 0.3 is 5.76 Å². The maximum Gasteiger partial charge on any atom is 0.417 e. The zero-order chi connectivity index (χ0) is 21.9. The van der Waals surface area contributed by atoms with E-state index in [1.807, 2.05) is 0 Å². The summed E-state index contributed by atoms with van der Waals surface area (Å²) in [6, 6.07) is 6.57. The number of aromatic nitrogens is 3. The molecule has 7 nitrogen and oxygen atoms in total. The van der Waals surface area contributed by atoms with Crippen molar-refractivity contribution >= 4 is 17.0 Å². The van der Waals surface area contributed by atoms with Gasteiger partial charge in [-0.1, -0.05) is 0 Å². The zero-order valence-corrected chi connectivity index (χ0v) is 16.2. The maximum atomic E-state index is 13.7. The third-order valence-corrected chi connectivity index (χ3v) is 5.41. The van der Waals surface area contributed by atoms with Crippen molar-refractivity contribution in [3.8, 4) is 11.3 Å². The molecule has 0 unspecified atom stereocenters. The Balaban J connectivity index is 0.00000245. The Labute approximate surface area is 174 Å². The summed E-state index contributed by atoms with van der Waals surface area (Å²) in [5, 5.41) is 4.41. The van der Waals surface area contributed by atoms with Crippen molar-refractivity contribution in [2.75, 3.05) is 6.54 Å². The Morgan fingerprint density at radius 2 is 1.94 bits per heavy atom. The molecule has 160 valence electrons. The van der Waals surface area contributed by atoms with Gasteiger partial charge in [-0.2, -0.15) is 5.10 Å². The van der Waals surface area contributed by atoms with Crippen LogP contribution in [0.2, 0.25) is 0 Å². The highest BCUT2D eigenvalue weighted by Gasteiger charge is 2.28. The highest BCUT2D eigenvalue weighted by molar-refractivity contribution is 5.97. The summed E-state index contributed by atoms with van der Waals surface area (Å²) in [6.07, 6.45) is 0.409. The maximum absolute atomic E-state index is 13.7. The topological polar surface area (TPSA) is 84.1 Å². The average molecular weight is 430 g/mol. The van der Waals surface area contributed by atoms with Crippen LogP contribution in [0, 0.1) is 17.5 Å². The van der Waals surface area contributed by atoms with Crippen LogP contribution in [0.1, 0.15) is 23.0 Å². The van der Waals surface area contributed by atoms with Gasteiger partial charge < -0.3 is 9.32 Å². The molecule has 0 atom stereocenters. The summed E-state index contributed by atoms with van der Waals surface area (Å²) in [5.74, 6) is -4.93. The van der Waals surface area contributed by atoms with Crippen LogP contribution in [0.15, 0.2) is 39.5 Å². The number of carbonyl (C=O) groups excluding carboxylic acids is 1. The van der Waals surface area contributed by atoms with Gasteiger partial charge in [0.15, 0.2) is 23.0 Å². The summed E-state index contributed by atoms with van der Waals surface area (Å²) in [6.45, 7) is 0.551. The SMILES string of the molecule is Cn1nc2c(c1-c1cc(F)c(F)c(F)c1)CCN(C(=O)c1ccc3[nH]c(=O)oc3c1)C2.[HH]. The van der Waals surface area contributed by atoms with Crippen molar-refractivity contribution in [3.63, 3.8) is 0 Å². The van der Waals surface area contributed by atoms with Gasteiger partial charge in [0, 0.05) is 31.7 Å². The van der Waals surface area contributed by atoms with E-state index in [1.54, 1.807) is 24.1 Å². The first-order valence-corrected chi connectivity index (χ1v) is 9.43. The highest BCUT2D eigenvalue weighted by atomic mass is 19.2. The molecular weight excluding hydrogens is 413 g/mol. The molecule has 0 saturated carbocycles. The van der Waals surface area contributed by atoms with Crippen molar-refractivity contribution in [3.05, 3.63) is 75.2 Å². The summed E-state index contributed by atoms with van der Waals surface area (Å²) in [5.41, 5.74) is 3.15. The van der Waals surface area contributed by atoms with E-state index in [2.05, 4.69) is 10.1 Å². The quantitative estimate of drug-likeness (QED) is 0.494. The number of aryl methyl sites for hydroxylation is 1. The minimum absolute atomic E-state index is 0. The van der Waals surface area contributed by atoms with Gasteiger partial charge in [-0.3, -0.25) is 14.5 Å². The number of halogens is 3. The molecule has 0 fully saturated rings. The van der Waals surface area contributed by atoms with Crippen LogP contribution in [0.25, 0.3) is 22.4 Å². The molecule has 5 rings (SSSR count). The normalized spacial score (nSPS) is 13.6. The lowest BCUT2D eigenvalue weighted by Crippen LogP contribution is -2.36. The van der Waals surface area contributed by atoms with Crippen LogP contribution in [0.4, 0.5) is 13.2 Å². The van der Waals surface area contributed by atoms with Gasteiger partial charge in [0.25, 0.3) is 5.91 Å². The summed E-state index contributed by atoms with van der Waals surface area (Å²) >= 11 is 0. The van der Waals surface area contributed by atoms with E-state index >= 15 is 0 Å². The van der Waals surface area contributed by atoms with Crippen molar-refractivity contribution < 1.29 is 23.8 Å². The third kappa shape index (κ3) is 3.11. The number of fused-ring (bicyclic) bond motifs is 2. The van der Waals surface area contributed by atoms with Gasteiger partial charge in [0.1, 0.15) is 0 Å². The summed E-state index contributed by atoms with van der Waals surface area (Å²) < 4.78 is 47.3. The lowest BCUT2D eigenvalue weighted by atomic mass is 9.99. The predicted molar refractivity (Wildman–Crippen MR) is 106 cm³/mol. The zero-order valence-electron chi connectivity index (χ0n) is 16.2. The number of benzene rings is 2. The molecule has 0 spiro atoms. The Morgan fingerprint density at radius 1 is 1.19 bits per heavy atom. The van der Waals surface area contributed by atoms with Crippen LogP contribution >= 0.6 is 0 Å². The lowest BCUT2D eigenvalue weighted by Gasteiger charge is -2.26. The second-order valence-corrected chi connectivity index (χ2v) is 7.35. The minimum atomic E-state index is -1.52. The third-order valence-electron chi connectivity index (χ3n) is 5.41. The molecule has 10 heteroatoms. The first kappa shape index (κ1) is 19.2. The molecule has 1 amide bonds. The lowest BCUT2D eigenvalue weighted by molar-refractivity contribution is 0.0732. The first-order valence-electron chi connectivity index (χ1n) is 9.43. The number of amides is 1. The summed E-state index contributed by atoms with van der Waals surface area (Å²) in [4.78, 5) is 28.4. The Bertz CT molecular complexity index is 1400. The number of H-pyrrole nitrogens is 1. The van der Waals surface area contributed by atoms with Gasteiger partial charge in [-0.15, -0.1) is 0 Å². The van der Waals surface area contributed by atoms with Crippen LogP contribution in [-0.2, 0) is 20.0 Å². The number of carbonyl (C=O) groups is 1. The molecule has 31 heavy (non-hydrogen) atoms. The van der Waals surface area contributed by atoms with Crippen LogP contribution in [0.5, 0.6) is 0 Å². The number of hydrogen-bond acceptors (Lipinski definition) is 4. The fourth-order valence-corrected chi connectivity index (χ4v) is 4.01. The number of hydrogen-bond donors (Lipinski definition) is 1. The molecular formula is C21H17F3N4O3. The standard InChI is InChI=1S/C21H15F3N4O3.H2/c1-27-19(11-6-13(22)18(24)14(23)7-11)12-4-5-28(9-16(12)26-27)20(29)10-2-3-15-17(8-10)31-21(30)25-15;/h2-3,6-8H,4-5,9H2,1H3,(H,25,30);1H. The molecule has 0 saturated heterocycles. The number of rotatable bonds is 2. The molecule has 2 aromatic heterocycles. The van der Waals surface area contributed by atoms with Crippen molar-refractivity contribution in [2.24, 2.45) is 7.05 Å². The Kier molecular flexibility index (Phi) is 4.24. The average Bonchev–Trinajstić information content (AvgIpc) is 3.27. The molecule has 3 heterocycles. The number of aromatic amines is 1. The van der Waals surface area contributed by atoms with E-state index in [-0.39, 0.29) is 25.0 Å². The van der Waals surface area contributed by atoms with E-state index < -0.39 is 23.2 Å². The van der Waals surface area contributed by atoms with Crippen molar-refractivity contribution in [1.82, 2.24) is 19.7 Å². The number of oxazole rings is 1.